The zero-order valence-electron chi connectivity index (χ0n) is 11.3. The molecule has 1 heterocycles. The molecule has 0 fully saturated rings. The number of hydroxylamine groups is 1. The van der Waals surface area contributed by atoms with E-state index in [-0.39, 0.29) is 17.9 Å². The second-order valence-electron chi connectivity index (χ2n) is 4.73. The molecular formula is C14H18FNO4. The Morgan fingerprint density at radius 3 is 2.65 bits per heavy atom. The van der Waals surface area contributed by atoms with E-state index in [4.69, 9.17) is 9.57 Å². The Morgan fingerprint density at radius 1 is 1.40 bits per heavy atom. The molecule has 1 aliphatic rings. The van der Waals surface area contributed by atoms with Crippen molar-refractivity contribution in [3.8, 4) is 0 Å². The number of allylic oxidation sites excluding steroid dienone is 1. The lowest BCUT2D eigenvalue weighted by atomic mass is 9.84. The van der Waals surface area contributed by atoms with Crippen LogP contribution in [0.3, 0.4) is 0 Å². The summed E-state index contributed by atoms with van der Waals surface area (Å²) < 4.78 is 19.3. The fraction of sp³-hybridized carbons (Fsp3) is 0.429. The number of halogens is 1. The first kappa shape index (κ1) is 14.8. The van der Waals surface area contributed by atoms with Gasteiger partial charge in [-0.2, -0.15) is 0 Å². The molecule has 5 nitrogen and oxygen atoms in total. The van der Waals surface area contributed by atoms with E-state index in [9.17, 15) is 14.6 Å². The summed E-state index contributed by atoms with van der Waals surface area (Å²) in [4.78, 5) is 4.77. The van der Waals surface area contributed by atoms with Crippen LogP contribution in [0.5, 0.6) is 0 Å². The van der Waals surface area contributed by atoms with Crippen molar-refractivity contribution in [3.63, 3.8) is 0 Å². The van der Waals surface area contributed by atoms with Gasteiger partial charge in [0, 0.05) is 6.42 Å². The third kappa shape index (κ3) is 2.63. The molecule has 1 aromatic rings. The van der Waals surface area contributed by atoms with Crippen molar-refractivity contribution in [1.82, 2.24) is 5.48 Å². The molecule has 0 saturated carbocycles. The molecule has 2 rings (SSSR count). The van der Waals surface area contributed by atoms with Crippen LogP contribution < -0.4 is 5.48 Å². The van der Waals surface area contributed by atoms with Gasteiger partial charge in [-0.3, -0.25) is 10.3 Å². The predicted octanol–water partition coefficient (Wildman–Crippen LogP) is 1.03. The zero-order valence-corrected chi connectivity index (χ0v) is 11.3. The van der Waals surface area contributed by atoms with Crippen molar-refractivity contribution in [2.75, 3.05) is 7.11 Å². The number of rotatable bonds is 4. The van der Waals surface area contributed by atoms with Crippen molar-refractivity contribution in [1.29, 1.82) is 0 Å². The van der Waals surface area contributed by atoms with Crippen LogP contribution in [-0.4, -0.2) is 35.4 Å². The molecule has 0 saturated heterocycles. The minimum atomic E-state index is -2.00. The standard InChI is InChI=1S/C14H18FNO4/c1-9-12(16-19-2)14(18,11(15)13(17)20-9)8-10-6-4-3-5-7-10/h3-7,11,13,16-18H,8H2,1-2H3/t11-,13+,14-/m1/s1. The van der Waals surface area contributed by atoms with E-state index < -0.39 is 18.1 Å². The second kappa shape index (κ2) is 5.78. The first-order chi connectivity index (χ1) is 9.49. The van der Waals surface area contributed by atoms with Gasteiger partial charge in [0.15, 0.2) is 11.8 Å². The van der Waals surface area contributed by atoms with Gasteiger partial charge in [-0.1, -0.05) is 30.3 Å². The lowest BCUT2D eigenvalue weighted by Crippen LogP contribution is -2.56. The van der Waals surface area contributed by atoms with Crippen molar-refractivity contribution >= 4 is 0 Å². The molecule has 20 heavy (non-hydrogen) atoms. The highest BCUT2D eigenvalue weighted by molar-refractivity contribution is 5.29. The highest BCUT2D eigenvalue weighted by Gasteiger charge is 2.51. The maximum atomic E-state index is 14.3. The fourth-order valence-electron chi connectivity index (χ4n) is 2.33. The molecule has 0 amide bonds. The van der Waals surface area contributed by atoms with Gasteiger partial charge in [0.2, 0.25) is 6.29 Å². The average Bonchev–Trinajstić information content (AvgIpc) is 2.43. The van der Waals surface area contributed by atoms with Gasteiger partial charge < -0.3 is 14.9 Å². The Bertz CT molecular complexity index is 493. The lowest BCUT2D eigenvalue weighted by Gasteiger charge is -2.40. The number of hydrogen-bond acceptors (Lipinski definition) is 5. The first-order valence-electron chi connectivity index (χ1n) is 6.24. The van der Waals surface area contributed by atoms with Gasteiger partial charge in [0.25, 0.3) is 0 Å². The number of ether oxygens (including phenoxy) is 1. The summed E-state index contributed by atoms with van der Waals surface area (Å²) in [5.41, 5.74) is 1.31. The van der Waals surface area contributed by atoms with Crippen LogP contribution in [0.4, 0.5) is 4.39 Å². The molecule has 0 aliphatic carbocycles. The van der Waals surface area contributed by atoms with E-state index >= 15 is 0 Å². The maximum Gasteiger partial charge on any atom is 0.231 e. The van der Waals surface area contributed by atoms with Crippen LogP contribution in [0.1, 0.15) is 12.5 Å². The van der Waals surface area contributed by atoms with E-state index in [1.807, 2.05) is 6.07 Å². The summed E-state index contributed by atoms with van der Waals surface area (Å²) in [5, 5.41) is 20.3. The van der Waals surface area contributed by atoms with Crippen molar-refractivity contribution < 1.29 is 24.2 Å². The highest BCUT2D eigenvalue weighted by atomic mass is 19.1. The highest BCUT2D eigenvalue weighted by Crippen LogP contribution is 2.35. The van der Waals surface area contributed by atoms with E-state index in [1.54, 1.807) is 24.3 Å². The molecule has 0 radical (unpaired) electrons. The maximum absolute atomic E-state index is 14.3. The molecule has 0 unspecified atom stereocenters. The molecule has 3 N–H and O–H groups in total. The molecule has 0 spiro atoms. The smallest absolute Gasteiger partial charge is 0.231 e. The summed E-state index contributed by atoms with van der Waals surface area (Å²) in [5.74, 6) is 0.187. The molecule has 0 bridgehead atoms. The predicted molar refractivity (Wildman–Crippen MR) is 69.9 cm³/mol. The van der Waals surface area contributed by atoms with Crippen LogP contribution in [-0.2, 0) is 16.0 Å². The largest absolute Gasteiger partial charge is 0.464 e. The second-order valence-corrected chi connectivity index (χ2v) is 4.73. The van der Waals surface area contributed by atoms with Crippen LogP contribution in [0.15, 0.2) is 41.8 Å². The van der Waals surface area contributed by atoms with Gasteiger partial charge in [0.1, 0.15) is 11.5 Å². The van der Waals surface area contributed by atoms with Gasteiger partial charge in [-0.25, -0.2) is 4.39 Å². The monoisotopic (exact) mass is 283 g/mol. The summed E-state index contributed by atoms with van der Waals surface area (Å²) in [6, 6.07) is 8.96. The Morgan fingerprint density at radius 2 is 2.05 bits per heavy atom. The van der Waals surface area contributed by atoms with Gasteiger partial charge in [0.05, 0.1) is 7.11 Å². The van der Waals surface area contributed by atoms with E-state index in [0.29, 0.717) is 0 Å². The molecule has 1 aliphatic heterocycles. The van der Waals surface area contributed by atoms with Crippen LogP contribution in [0, 0.1) is 0 Å². The Kier molecular flexibility index (Phi) is 4.27. The van der Waals surface area contributed by atoms with Crippen LogP contribution in [0.25, 0.3) is 0 Å². The molecule has 0 aromatic heterocycles. The topological polar surface area (TPSA) is 71.0 Å². The molecule has 3 atom stereocenters. The Balaban J connectivity index is 2.39. The van der Waals surface area contributed by atoms with Crippen molar-refractivity contribution in [3.05, 3.63) is 47.4 Å². The van der Waals surface area contributed by atoms with E-state index in [0.717, 1.165) is 5.56 Å². The Labute approximate surface area is 116 Å². The number of benzene rings is 1. The summed E-state index contributed by atoms with van der Waals surface area (Å²) in [7, 11) is 1.35. The van der Waals surface area contributed by atoms with Crippen molar-refractivity contribution in [2.24, 2.45) is 0 Å². The van der Waals surface area contributed by atoms with E-state index in [1.165, 1.54) is 14.0 Å². The minimum Gasteiger partial charge on any atom is -0.464 e. The number of aliphatic hydroxyl groups excluding tert-OH is 1. The van der Waals surface area contributed by atoms with Gasteiger partial charge >= 0.3 is 0 Å². The number of hydrogen-bond donors (Lipinski definition) is 3. The third-order valence-corrected chi connectivity index (χ3v) is 3.31. The zero-order chi connectivity index (χ0) is 14.8. The molecule has 110 valence electrons. The fourth-order valence-corrected chi connectivity index (χ4v) is 2.33. The molecular weight excluding hydrogens is 265 g/mol. The number of aliphatic hydroxyl groups is 2. The summed E-state index contributed by atoms with van der Waals surface area (Å²) in [6.45, 7) is 1.52. The van der Waals surface area contributed by atoms with Gasteiger partial charge in [-0.05, 0) is 12.5 Å². The normalized spacial score (nSPS) is 30.1. The van der Waals surface area contributed by atoms with Crippen LogP contribution in [0.2, 0.25) is 0 Å². The van der Waals surface area contributed by atoms with Crippen molar-refractivity contribution in [2.45, 2.75) is 31.4 Å². The summed E-state index contributed by atoms with van der Waals surface area (Å²) in [6.07, 6.45) is -3.73. The Hall–Kier alpha value is -1.63. The minimum absolute atomic E-state index is 0.0154. The van der Waals surface area contributed by atoms with Gasteiger partial charge in [-0.15, -0.1) is 0 Å². The first-order valence-corrected chi connectivity index (χ1v) is 6.24. The SMILES string of the molecule is CONC1=C(C)O[C@H](O)[C@@H](F)[C@]1(O)Cc1ccccc1. The molecule has 6 heteroatoms. The third-order valence-electron chi connectivity index (χ3n) is 3.31. The van der Waals surface area contributed by atoms with Crippen LogP contribution >= 0.6 is 0 Å². The lowest BCUT2D eigenvalue weighted by molar-refractivity contribution is -0.190. The summed E-state index contributed by atoms with van der Waals surface area (Å²) >= 11 is 0. The quantitative estimate of drug-likeness (QED) is 0.720. The number of nitrogens with one attached hydrogen (secondary N) is 1. The number of alkyl halides is 1. The van der Waals surface area contributed by atoms with E-state index in [2.05, 4.69) is 5.48 Å². The molecule has 1 aromatic carbocycles. The average molecular weight is 283 g/mol.